The number of morpholine rings is 1. The van der Waals surface area contributed by atoms with Gasteiger partial charge in [-0.05, 0) is 36.4 Å². The molecule has 1 aromatic heterocycles. The van der Waals surface area contributed by atoms with E-state index in [-0.39, 0.29) is 18.3 Å². The summed E-state index contributed by atoms with van der Waals surface area (Å²) in [6.45, 7) is 5.59. The maximum atomic E-state index is 12.9. The molecule has 0 atom stereocenters. The van der Waals surface area contributed by atoms with Gasteiger partial charge in [0.1, 0.15) is 11.6 Å². The number of halogens is 1. The number of carbonyl (C=O) groups excluding carboxylic acids is 1. The fourth-order valence-electron chi connectivity index (χ4n) is 3.40. The van der Waals surface area contributed by atoms with Crippen LogP contribution in [0.1, 0.15) is 0 Å². The van der Waals surface area contributed by atoms with Gasteiger partial charge in [-0.25, -0.2) is 4.39 Å². The summed E-state index contributed by atoms with van der Waals surface area (Å²) in [4.78, 5) is 18.4. The Morgan fingerprint density at radius 1 is 0.897 bits per heavy atom. The number of carbonyl (C=O) groups is 1. The van der Waals surface area contributed by atoms with Crippen LogP contribution in [0.15, 0.2) is 36.4 Å². The molecule has 8 nitrogen and oxygen atoms in total. The number of amides is 1. The molecule has 4 rings (SSSR count). The molecule has 154 valence electrons. The molecule has 0 saturated carbocycles. The van der Waals surface area contributed by atoms with E-state index in [1.54, 1.807) is 4.90 Å². The molecule has 0 aliphatic carbocycles. The van der Waals surface area contributed by atoms with Gasteiger partial charge in [0, 0.05) is 39.3 Å². The highest BCUT2D eigenvalue weighted by atomic mass is 19.1. The molecular weight excluding hydrogens is 377 g/mol. The molecule has 9 heteroatoms. The van der Waals surface area contributed by atoms with Gasteiger partial charge >= 0.3 is 0 Å². The van der Waals surface area contributed by atoms with Crippen molar-refractivity contribution in [2.45, 2.75) is 0 Å². The van der Waals surface area contributed by atoms with E-state index in [9.17, 15) is 9.18 Å². The Labute approximate surface area is 168 Å². The quantitative estimate of drug-likeness (QED) is 0.745. The third-order valence-corrected chi connectivity index (χ3v) is 5.10. The number of nitrogens with zero attached hydrogens (tertiary/aromatic N) is 5. The second-order valence-corrected chi connectivity index (χ2v) is 6.96. The Morgan fingerprint density at radius 3 is 2.07 bits per heavy atom. The largest absolute Gasteiger partial charge is 0.484 e. The van der Waals surface area contributed by atoms with Crippen LogP contribution in [0.2, 0.25) is 0 Å². The van der Waals surface area contributed by atoms with E-state index in [1.807, 2.05) is 12.1 Å². The van der Waals surface area contributed by atoms with Gasteiger partial charge in [-0.1, -0.05) is 0 Å². The maximum Gasteiger partial charge on any atom is 0.260 e. The molecule has 2 aliphatic rings. The lowest BCUT2D eigenvalue weighted by molar-refractivity contribution is -0.133. The molecule has 0 bridgehead atoms. The van der Waals surface area contributed by atoms with Gasteiger partial charge in [0.25, 0.3) is 5.91 Å². The van der Waals surface area contributed by atoms with Crippen molar-refractivity contribution in [2.24, 2.45) is 0 Å². The SMILES string of the molecule is O=C(COc1ccc(F)cc1)N1CCN(c2ccc(N3CCOCC3)nn2)CC1. The Balaban J connectivity index is 1.25. The average molecular weight is 401 g/mol. The predicted molar refractivity (Wildman–Crippen MR) is 106 cm³/mol. The smallest absolute Gasteiger partial charge is 0.260 e. The molecule has 0 N–H and O–H groups in total. The third-order valence-electron chi connectivity index (χ3n) is 5.10. The van der Waals surface area contributed by atoms with Crippen LogP contribution in [0.25, 0.3) is 0 Å². The van der Waals surface area contributed by atoms with Crippen LogP contribution >= 0.6 is 0 Å². The highest BCUT2D eigenvalue weighted by Gasteiger charge is 2.23. The van der Waals surface area contributed by atoms with Crippen molar-refractivity contribution in [2.75, 3.05) is 68.9 Å². The molecule has 29 heavy (non-hydrogen) atoms. The number of hydrogen-bond donors (Lipinski definition) is 0. The molecule has 1 aromatic carbocycles. The molecule has 0 spiro atoms. The van der Waals surface area contributed by atoms with Crippen LogP contribution in [0.5, 0.6) is 5.75 Å². The first-order valence-corrected chi connectivity index (χ1v) is 9.76. The highest BCUT2D eigenvalue weighted by Crippen LogP contribution is 2.18. The van der Waals surface area contributed by atoms with Gasteiger partial charge in [0.05, 0.1) is 13.2 Å². The Kier molecular flexibility index (Phi) is 6.04. The summed E-state index contributed by atoms with van der Waals surface area (Å²) in [5, 5.41) is 8.72. The van der Waals surface area contributed by atoms with Crippen molar-refractivity contribution in [1.82, 2.24) is 15.1 Å². The van der Waals surface area contributed by atoms with E-state index < -0.39 is 0 Å². The van der Waals surface area contributed by atoms with E-state index >= 15 is 0 Å². The van der Waals surface area contributed by atoms with Crippen LogP contribution < -0.4 is 14.5 Å². The second kappa shape index (κ2) is 9.04. The number of piperazine rings is 1. The van der Waals surface area contributed by atoms with Crippen molar-refractivity contribution in [3.63, 3.8) is 0 Å². The summed E-state index contributed by atoms with van der Waals surface area (Å²) >= 11 is 0. The van der Waals surface area contributed by atoms with Crippen LogP contribution in [0, 0.1) is 5.82 Å². The average Bonchev–Trinajstić information content (AvgIpc) is 2.79. The zero-order valence-corrected chi connectivity index (χ0v) is 16.2. The van der Waals surface area contributed by atoms with E-state index in [1.165, 1.54) is 24.3 Å². The minimum Gasteiger partial charge on any atom is -0.484 e. The van der Waals surface area contributed by atoms with E-state index in [0.29, 0.717) is 45.1 Å². The Hall–Kier alpha value is -2.94. The van der Waals surface area contributed by atoms with Crippen molar-refractivity contribution >= 4 is 17.5 Å². The zero-order chi connectivity index (χ0) is 20.1. The fraction of sp³-hybridized carbons (Fsp3) is 0.450. The van der Waals surface area contributed by atoms with Gasteiger partial charge in [-0.15, -0.1) is 10.2 Å². The lowest BCUT2D eigenvalue weighted by Crippen LogP contribution is -2.50. The summed E-state index contributed by atoms with van der Waals surface area (Å²) in [6, 6.07) is 9.61. The lowest BCUT2D eigenvalue weighted by Gasteiger charge is -2.35. The normalized spacial score (nSPS) is 17.3. The molecule has 2 aliphatic heterocycles. The van der Waals surface area contributed by atoms with Gasteiger partial charge in [-0.2, -0.15) is 0 Å². The number of aromatic nitrogens is 2. The minimum absolute atomic E-state index is 0.0559. The summed E-state index contributed by atoms with van der Waals surface area (Å²) in [5.74, 6) is 1.75. The molecule has 3 heterocycles. The minimum atomic E-state index is -0.333. The maximum absolute atomic E-state index is 12.9. The number of rotatable bonds is 5. The molecule has 2 fully saturated rings. The highest BCUT2D eigenvalue weighted by molar-refractivity contribution is 5.78. The zero-order valence-electron chi connectivity index (χ0n) is 16.2. The standard InChI is InChI=1S/C20H24FN5O3/c21-16-1-3-17(4-2-16)29-15-20(27)26-9-7-24(8-10-26)18-5-6-19(23-22-18)25-11-13-28-14-12-25/h1-6H,7-15H2. The van der Waals surface area contributed by atoms with Gasteiger partial charge in [0.15, 0.2) is 18.2 Å². The second-order valence-electron chi connectivity index (χ2n) is 6.96. The first kappa shape index (κ1) is 19.4. The van der Waals surface area contributed by atoms with Crippen LogP contribution in [-0.2, 0) is 9.53 Å². The first-order valence-electron chi connectivity index (χ1n) is 9.76. The van der Waals surface area contributed by atoms with Gasteiger partial charge in [0.2, 0.25) is 0 Å². The third kappa shape index (κ3) is 4.92. The topological polar surface area (TPSA) is 71.0 Å². The summed E-state index contributed by atoms with van der Waals surface area (Å²) in [7, 11) is 0. The van der Waals surface area contributed by atoms with Crippen molar-refractivity contribution in [3.8, 4) is 5.75 Å². The van der Waals surface area contributed by atoms with E-state index in [0.717, 1.165) is 24.7 Å². The summed E-state index contributed by atoms with van der Waals surface area (Å²) < 4.78 is 23.7. The Morgan fingerprint density at radius 2 is 1.48 bits per heavy atom. The van der Waals surface area contributed by atoms with E-state index in [2.05, 4.69) is 20.0 Å². The molecule has 2 aromatic rings. The van der Waals surface area contributed by atoms with Gasteiger partial charge in [-0.3, -0.25) is 4.79 Å². The number of hydrogen-bond acceptors (Lipinski definition) is 7. The number of anilines is 2. The predicted octanol–water partition coefficient (Wildman–Crippen LogP) is 1.18. The van der Waals surface area contributed by atoms with E-state index in [4.69, 9.17) is 9.47 Å². The Bertz CT molecular complexity index is 804. The van der Waals surface area contributed by atoms with Crippen molar-refractivity contribution in [3.05, 3.63) is 42.2 Å². The van der Waals surface area contributed by atoms with Crippen molar-refractivity contribution in [1.29, 1.82) is 0 Å². The van der Waals surface area contributed by atoms with Crippen molar-refractivity contribution < 1.29 is 18.7 Å². The number of ether oxygens (including phenoxy) is 2. The molecule has 0 unspecified atom stereocenters. The molecule has 1 amide bonds. The number of benzene rings is 1. The van der Waals surface area contributed by atoms with Crippen LogP contribution in [0.3, 0.4) is 0 Å². The lowest BCUT2D eigenvalue weighted by atomic mass is 10.3. The molecule has 0 radical (unpaired) electrons. The summed E-state index contributed by atoms with van der Waals surface area (Å²) in [5.41, 5.74) is 0. The van der Waals surface area contributed by atoms with Crippen LogP contribution in [-0.4, -0.2) is 80.1 Å². The first-order chi connectivity index (χ1) is 14.2. The monoisotopic (exact) mass is 401 g/mol. The molecule has 2 saturated heterocycles. The van der Waals surface area contributed by atoms with Gasteiger partial charge < -0.3 is 24.2 Å². The summed E-state index contributed by atoms with van der Waals surface area (Å²) in [6.07, 6.45) is 0. The fourth-order valence-corrected chi connectivity index (χ4v) is 3.40. The molecular formula is C20H24FN5O3. The van der Waals surface area contributed by atoms with Crippen LogP contribution in [0.4, 0.5) is 16.0 Å².